The quantitative estimate of drug-likeness (QED) is 0.264. The van der Waals surface area contributed by atoms with Gasteiger partial charge in [-0.2, -0.15) is 0 Å². The molecule has 5 rings (SSSR count). The predicted molar refractivity (Wildman–Crippen MR) is 144 cm³/mol. The first-order valence-electron chi connectivity index (χ1n) is 11.9. The monoisotopic (exact) mass is 499 g/mol. The molecule has 1 saturated heterocycles. The minimum atomic E-state index is -0.367. The molecule has 1 heterocycles. The van der Waals surface area contributed by atoms with Gasteiger partial charge in [0.05, 0.1) is 0 Å². The molecule has 6 heteroatoms. The number of hydrogen-bond donors (Lipinski definition) is 2. The Kier molecular flexibility index (Phi) is 6.87. The molecule has 0 bridgehead atoms. The van der Waals surface area contributed by atoms with Gasteiger partial charge in [-0.3, -0.25) is 4.90 Å². The largest absolute Gasteiger partial charge is 0.508 e. The lowest BCUT2D eigenvalue weighted by Crippen LogP contribution is -2.29. The summed E-state index contributed by atoms with van der Waals surface area (Å²) in [6.45, 7) is 0. The average Bonchev–Trinajstić information content (AvgIpc) is 3.21. The Balaban J connectivity index is 1.42. The Morgan fingerprint density at radius 3 is 2.22 bits per heavy atom. The van der Waals surface area contributed by atoms with E-state index in [9.17, 15) is 14.6 Å². The number of hydrogen-bond acceptors (Lipinski definition) is 4. The van der Waals surface area contributed by atoms with Crippen molar-refractivity contribution in [3.63, 3.8) is 0 Å². The Labute approximate surface area is 215 Å². The van der Waals surface area contributed by atoms with E-state index in [4.69, 9.17) is 17.0 Å². The van der Waals surface area contributed by atoms with Crippen molar-refractivity contribution in [1.29, 1.82) is 0 Å². The molecule has 0 radical (unpaired) electrons. The van der Waals surface area contributed by atoms with Gasteiger partial charge < -0.3 is 14.9 Å². The molecule has 4 aromatic rings. The molecule has 1 aliphatic rings. The number of ether oxygens (including phenoxy) is 1. The van der Waals surface area contributed by atoms with E-state index in [0.29, 0.717) is 17.2 Å². The van der Waals surface area contributed by atoms with E-state index >= 15 is 0 Å². The van der Waals surface area contributed by atoms with E-state index in [1.54, 1.807) is 24.3 Å². The zero-order valence-electron chi connectivity index (χ0n) is 19.5. The maximum absolute atomic E-state index is 13.2. The summed E-state index contributed by atoms with van der Waals surface area (Å²) in [5.74, 6) is -0.271. The summed E-state index contributed by atoms with van der Waals surface area (Å²) >= 11 is 5.66. The lowest BCUT2D eigenvalue weighted by Gasteiger charge is -2.27. The number of phenolic OH excluding ortho intramolecular Hbond substituents is 2. The summed E-state index contributed by atoms with van der Waals surface area (Å²) in [7, 11) is 0. The van der Waals surface area contributed by atoms with Crippen LogP contribution >= 0.6 is 12.2 Å². The highest BCUT2D eigenvalue weighted by Gasteiger charge is 2.42. The Morgan fingerprint density at radius 1 is 0.833 bits per heavy atom. The summed E-state index contributed by atoms with van der Waals surface area (Å²) in [6.07, 6.45) is 1.95. The van der Waals surface area contributed by atoms with Gasteiger partial charge in [-0.15, -0.1) is 0 Å². The molecule has 1 aliphatic heterocycles. The van der Waals surface area contributed by atoms with Gasteiger partial charge in [0.1, 0.15) is 29.5 Å². The van der Waals surface area contributed by atoms with Crippen molar-refractivity contribution in [3.8, 4) is 22.6 Å². The topological polar surface area (TPSA) is 52.9 Å². The number of halogens is 1. The van der Waals surface area contributed by atoms with Crippen molar-refractivity contribution in [2.45, 2.75) is 31.4 Å². The van der Waals surface area contributed by atoms with E-state index in [1.165, 1.54) is 18.2 Å². The summed E-state index contributed by atoms with van der Waals surface area (Å²) in [4.78, 5) is 1.93. The predicted octanol–water partition coefficient (Wildman–Crippen LogP) is 7.16. The number of aryl methyl sites for hydroxylation is 1. The first-order chi connectivity index (χ1) is 17.5. The standard InChI is InChI=1S/C30H26FNO3S/c31-23-13-9-20(10-14-23)5-4-8-28-29(26-18-17-25(33)19-27(26)34)32(30(36)35-28)24-15-11-22(12-16-24)21-6-2-1-3-7-21/h1-3,6-7,9-19,28-29,33-34H,4-5,8H2. The number of benzene rings is 4. The fraction of sp³-hybridized carbons (Fsp3) is 0.167. The summed E-state index contributed by atoms with van der Waals surface area (Å²) in [6, 6.07) is 29.0. The number of rotatable bonds is 7. The average molecular weight is 500 g/mol. The van der Waals surface area contributed by atoms with Crippen molar-refractivity contribution in [2.24, 2.45) is 0 Å². The molecule has 0 aliphatic carbocycles. The Hall–Kier alpha value is -3.90. The van der Waals surface area contributed by atoms with E-state index in [-0.39, 0.29) is 29.5 Å². The number of thiocarbonyl (C=S) groups is 1. The highest BCUT2D eigenvalue weighted by Crippen LogP contribution is 2.43. The molecular weight excluding hydrogens is 473 g/mol. The van der Waals surface area contributed by atoms with Crippen molar-refractivity contribution in [3.05, 3.63) is 114 Å². The van der Waals surface area contributed by atoms with Gasteiger partial charge in [0, 0.05) is 17.3 Å². The first-order valence-corrected chi connectivity index (χ1v) is 12.3. The van der Waals surface area contributed by atoms with Crippen LogP contribution in [0.15, 0.2) is 97.1 Å². The van der Waals surface area contributed by atoms with Gasteiger partial charge in [0.2, 0.25) is 0 Å². The fourth-order valence-electron chi connectivity index (χ4n) is 4.74. The second kappa shape index (κ2) is 10.4. The van der Waals surface area contributed by atoms with Gasteiger partial charge in [-0.05, 0) is 84.6 Å². The summed E-state index contributed by atoms with van der Waals surface area (Å²) in [5.41, 5.74) is 4.75. The van der Waals surface area contributed by atoms with Gasteiger partial charge >= 0.3 is 0 Å². The third kappa shape index (κ3) is 5.04. The van der Waals surface area contributed by atoms with Crippen LogP contribution in [0.25, 0.3) is 11.1 Å². The minimum Gasteiger partial charge on any atom is -0.508 e. The van der Waals surface area contributed by atoms with E-state index in [0.717, 1.165) is 35.2 Å². The van der Waals surface area contributed by atoms with Crippen molar-refractivity contribution >= 4 is 23.1 Å². The molecule has 1 fully saturated rings. The highest BCUT2D eigenvalue weighted by molar-refractivity contribution is 7.80. The highest BCUT2D eigenvalue weighted by atomic mass is 32.1. The molecule has 2 unspecified atom stereocenters. The number of nitrogens with zero attached hydrogens (tertiary/aromatic N) is 1. The third-order valence-electron chi connectivity index (χ3n) is 6.53. The Morgan fingerprint density at radius 2 is 1.53 bits per heavy atom. The van der Waals surface area contributed by atoms with Gasteiger partial charge in [-0.25, -0.2) is 4.39 Å². The van der Waals surface area contributed by atoms with Crippen LogP contribution in [0.3, 0.4) is 0 Å². The molecule has 0 aromatic heterocycles. The second-order valence-corrected chi connectivity index (χ2v) is 9.26. The van der Waals surface area contributed by atoms with Crippen LogP contribution in [-0.2, 0) is 11.2 Å². The molecule has 4 nitrogen and oxygen atoms in total. The van der Waals surface area contributed by atoms with Crippen LogP contribution in [-0.4, -0.2) is 21.5 Å². The lowest BCUT2D eigenvalue weighted by molar-refractivity contribution is 0.190. The number of aromatic hydroxyl groups is 2. The smallest absolute Gasteiger partial charge is 0.264 e. The maximum Gasteiger partial charge on any atom is 0.264 e. The van der Waals surface area contributed by atoms with Gasteiger partial charge in [0.15, 0.2) is 0 Å². The molecule has 0 spiro atoms. The van der Waals surface area contributed by atoms with Gasteiger partial charge in [-0.1, -0.05) is 54.6 Å². The first kappa shape index (κ1) is 23.8. The fourth-order valence-corrected chi connectivity index (χ4v) is 5.08. The number of anilines is 1. The molecule has 0 amide bonds. The molecule has 2 N–H and O–H groups in total. The van der Waals surface area contributed by atoms with E-state index in [1.807, 2.05) is 47.4 Å². The SMILES string of the molecule is Oc1ccc(C2C(CCCc3ccc(F)cc3)OC(=S)N2c2ccc(-c3ccccc3)cc2)c(O)c1. The van der Waals surface area contributed by atoms with Crippen LogP contribution in [0.2, 0.25) is 0 Å². The Bertz CT molecular complexity index is 1340. The molecule has 0 saturated carbocycles. The van der Waals surface area contributed by atoms with E-state index in [2.05, 4.69) is 12.1 Å². The van der Waals surface area contributed by atoms with E-state index < -0.39 is 0 Å². The summed E-state index contributed by atoms with van der Waals surface area (Å²) < 4.78 is 19.4. The van der Waals surface area contributed by atoms with Crippen LogP contribution in [0.5, 0.6) is 11.5 Å². The van der Waals surface area contributed by atoms with Crippen LogP contribution in [0, 0.1) is 5.82 Å². The maximum atomic E-state index is 13.2. The van der Waals surface area contributed by atoms with Crippen LogP contribution in [0.4, 0.5) is 10.1 Å². The van der Waals surface area contributed by atoms with Crippen molar-refractivity contribution < 1.29 is 19.3 Å². The molecule has 2 atom stereocenters. The third-order valence-corrected chi connectivity index (χ3v) is 6.82. The lowest BCUT2D eigenvalue weighted by atomic mass is 9.94. The van der Waals surface area contributed by atoms with Crippen molar-refractivity contribution in [1.82, 2.24) is 0 Å². The zero-order chi connectivity index (χ0) is 25.1. The molecule has 182 valence electrons. The van der Waals surface area contributed by atoms with Gasteiger partial charge in [0.25, 0.3) is 5.17 Å². The van der Waals surface area contributed by atoms with Crippen LogP contribution < -0.4 is 4.90 Å². The van der Waals surface area contributed by atoms with Crippen molar-refractivity contribution in [2.75, 3.05) is 4.90 Å². The normalized spacial score (nSPS) is 17.2. The molecule has 36 heavy (non-hydrogen) atoms. The number of phenols is 2. The van der Waals surface area contributed by atoms with Crippen LogP contribution in [0.1, 0.15) is 30.0 Å². The zero-order valence-corrected chi connectivity index (χ0v) is 20.4. The minimum absolute atomic E-state index is 0.00985. The molecular formula is C30H26FNO3S. The summed E-state index contributed by atoms with van der Waals surface area (Å²) in [5, 5.41) is 20.9. The molecule has 4 aromatic carbocycles. The second-order valence-electron chi connectivity index (χ2n) is 8.91.